The molecule has 0 aliphatic carbocycles. The molecule has 0 aromatic carbocycles. The summed E-state index contributed by atoms with van der Waals surface area (Å²) < 4.78 is 0. The molecule has 5 heteroatoms. The molecule has 1 rings (SSSR count). The largest absolute Gasteiger partial charge is 0.662 e. The molecule has 1 aliphatic heterocycles. The van der Waals surface area contributed by atoms with Crippen molar-refractivity contribution < 1.29 is 21.7 Å². The van der Waals surface area contributed by atoms with Crippen molar-refractivity contribution in [1.29, 1.82) is 0 Å². The van der Waals surface area contributed by atoms with Gasteiger partial charge in [-0.2, -0.15) is 0 Å². The zero-order valence-electron chi connectivity index (χ0n) is 13.0. The molecule has 1 saturated heterocycles. The second kappa shape index (κ2) is 19.9. The van der Waals surface area contributed by atoms with Crippen LogP contribution in [0.25, 0.3) is 5.32 Å². The van der Waals surface area contributed by atoms with Gasteiger partial charge in [0.15, 0.2) is 0 Å². The van der Waals surface area contributed by atoms with Crippen LogP contribution >= 0.6 is 12.4 Å². The van der Waals surface area contributed by atoms with Crippen LogP contribution in [0.5, 0.6) is 0 Å². The van der Waals surface area contributed by atoms with E-state index in [9.17, 15) is 0 Å². The van der Waals surface area contributed by atoms with E-state index in [1.165, 1.54) is 84.0 Å². The van der Waals surface area contributed by atoms with Crippen LogP contribution in [0.1, 0.15) is 57.8 Å². The first-order chi connectivity index (χ1) is 9.00. The summed E-state index contributed by atoms with van der Waals surface area (Å²) in [6, 6.07) is 0. The van der Waals surface area contributed by atoms with Crippen molar-refractivity contribution in [1.82, 2.24) is 10.6 Å². The second-order valence-corrected chi connectivity index (χ2v) is 5.35. The maximum atomic E-state index is 4.59. The number of nitrogens with one attached hydrogen (secondary N) is 2. The number of rotatable bonds is 0. The first-order valence-electron chi connectivity index (χ1n) is 8.05. The first kappa shape index (κ1) is 23.2. The van der Waals surface area contributed by atoms with Gasteiger partial charge in [-0.15, -0.1) is 25.5 Å². The maximum absolute atomic E-state index is 4.59. The minimum Gasteiger partial charge on any atom is -0.662 e. The van der Waals surface area contributed by atoms with E-state index in [2.05, 4.69) is 16.0 Å². The standard InChI is InChI=1S/C15H32N3.ClH.Ti/c1-4-10-16-12-6-2-8-14-18-15-9-3-7-13-17-11-5-1;;/h16-17H,1-15H2;1H;/q-1;;. The molecule has 0 bridgehead atoms. The maximum Gasteiger partial charge on any atom is 0 e. The summed E-state index contributed by atoms with van der Waals surface area (Å²) in [6.45, 7) is 6.95. The van der Waals surface area contributed by atoms with E-state index in [-0.39, 0.29) is 34.1 Å². The smallest absolute Gasteiger partial charge is 0 e. The van der Waals surface area contributed by atoms with Crippen molar-refractivity contribution in [2.45, 2.75) is 57.8 Å². The summed E-state index contributed by atoms with van der Waals surface area (Å²) >= 11 is 0. The van der Waals surface area contributed by atoms with Gasteiger partial charge in [-0.05, 0) is 51.9 Å². The summed E-state index contributed by atoms with van der Waals surface area (Å²) in [5.41, 5.74) is 0. The molecule has 2 N–H and O–H groups in total. The Morgan fingerprint density at radius 1 is 0.500 bits per heavy atom. The predicted octanol–water partition coefficient (Wildman–Crippen LogP) is 3.48. The quantitative estimate of drug-likeness (QED) is 0.664. The minimum atomic E-state index is 0. The van der Waals surface area contributed by atoms with E-state index in [1.807, 2.05) is 0 Å². The molecule has 0 radical (unpaired) electrons. The van der Waals surface area contributed by atoms with Gasteiger partial charge in [-0.25, -0.2) is 0 Å². The van der Waals surface area contributed by atoms with Gasteiger partial charge in [0.05, 0.1) is 0 Å². The Morgan fingerprint density at radius 3 is 1.25 bits per heavy atom. The fraction of sp³-hybridized carbons (Fsp3) is 1.00. The van der Waals surface area contributed by atoms with Gasteiger partial charge >= 0.3 is 0 Å². The topological polar surface area (TPSA) is 38.2 Å². The van der Waals surface area contributed by atoms with Crippen LogP contribution in [-0.4, -0.2) is 39.3 Å². The molecular weight excluding hydrogens is 306 g/mol. The van der Waals surface area contributed by atoms with Gasteiger partial charge in [0, 0.05) is 21.7 Å². The monoisotopic (exact) mass is 338 g/mol. The van der Waals surface area contributed by atoms with Crippen LogP contribution in [0.15, 0.2) is 0 Å². The van der Waals surface area contributed by atoms with Crippen molar-refractivity contribution in [3.8, 4) is 0 Å². The molecule has 0 aromatic rings. The first-order valence-corrected chi connectivity index (χ1v) is 8.05. The third kappa shape index (κ3) is 16.9. The zero-order valence-corrected chi connectivity index (χ0v) is 15.3. The van der Waals surface area contributed by atoms with E-state index >= 15 is 0 Å². The third-order valence-electron chi connectivity index (χ3n) is 3.55. The molecule has 20 heavy (non-hydrogen) atoms. The number of nitrogens with zero attached hydrogens (tertiary/aromatic N) is 1. The van der Waals surface area contributed by atoms with Crippen molar-refractivity contribution in [2.24, 2.45) is 0 Å². The van der Waals surface area contributed by atoms with Crippen molar-refractivity contribution >= 4 is 12.4 Å². The molecule has 120 valence electrons. The van der Waals surface area contributed by atoms with Crippen LogP contribution in [0.3, 0.4) is 0 Å². The summed E-state index contributed by atoms with van der Waals surface area (Å²) in [5.74, 6) is 0. The summed E-state index contributed by atoms with van der Waals surface area (Å²) in [4.78, 5) is 0. The molecule has 0 spiro atoms. The van der Waals surface area contributed by atoms with Crippen LogP contribution in [0.4, 0.5) is 0 Å². The Labute approximate surface area is 147 Å². The average molecular weight is 339 g/mol. The van der Waals surface area contributed by atoms with Crippen LogP contribution in [-0.2, 0) is 21.7 Å². The van der Waals surface area contributed by atoms with Gasteiger partial charge < -0.3 is 16.0 Å². The van der Waals surface area contributed by atoms with Gasteiger partial charge in [0.2, 0.25) is 0 Å². The SMILES string of the molecule is C1CC[N-]CCCCCNCCCCCNCC1.Cl.[Ti]. The second-order valence-electron chi connectivity index (χ2n) is 5.35. The molecule has 0 unspecified atom stereocenters. The van der Waals surface area contributed by atoms with E-state index in [1.54, 1.807) is 0 Å². The molecular formula is C15H33ClN3Ti-. The van der Waals surface area contributed by atoms with E-state index in [0.717, 1.165) is 13.1 Å². The fourth-order valence-electron chi connectivity index (χ4n) is 2.34. The predicted molar refractivity (Wildman–Crippen MR) is 87.6 cm³/mol. The third-order valence-corrected chi connectivity index (χ3v) is 3.55. The van der Waals surface area contributed by atoms with Crippen LogP contribution in [0.2, 0.25) is 0 Å². The van der Waals surface area contributed by atoms with Crippen molar-refractivity contribution in [3.63, 3.8) is 0 Å². The molecule has 0 amide bonds. The van der Waals surface area contributed by atoms with Gasteiger partial charge in [0.1, 0.15) is 0 Å². The van der Waals surface area contributed by atoms with E-state index in [0.29, 0.717) is 0 Å². The van der Waals surface area contributed by atoms with Crippen LogP contribution in [0, 0.1) is 0 Å². The van der Waals surface area contributed by atoms with Gasteiger partial charge in [-0.3, -0.25) is 0 Å². The Hall–Kier alpha value is 0.884. The molecule has 1 heterocycles. The average Bonchev–Trinajstić information content (AvgIpc) is 2.39. The molecule has 0 aromatic heterocycles. The Kier molecular flexibility index (Phi) is 23.0. The molecule has 1 aliphatic rings. The molecule has 0 saturated carbocycles. The number of halogens is 1. The number of hydrogen-bond donors (Lipinski definition) is 2. The summed E-state index contributed by atoms with van der Waals surface area (Å²) in [6.07, 6.45) is 11.9. The van der Waals surface area contributed by atoms with Gasteiger partial charge in [0.25, 0.3) is 0 Å². The summed E-state index contributed by atoms with van der Waals surface area (Å²) in [5, 5.41) is 11.7. The van der Waals surface area contributed by atoms with E-state index in [4.69, 9.17) is 0 Å². The molecule has 1 fully saturated rings. The van der Waals surface area contributed by atoms with Gasteiger partial charge in [-0.1, -0.05) is 32.1 Å². The Bertz CT molecular complexity index is 98.1. The Morgan fingerprint density at radius 2 is 0.850 bits per heavy atom. The number of hydrogen-bond acceptors (Lipinski definition) is 2. The normalized spacial score (nSPS) is 21.6. The summed E-state index contributed by atoms with van der Waals surface area (Å²) in [7, 11) is 0. The molecule has 0 atom stereocenters. The van der Waals surface area contributed by atoms with Crippen LogP contribution < -0.4 is 10.6 Å². The fourth-order valence-corrected chi connectivity index (χ4v) is 2.34. The van der Waals surface area contributed by atoms with Crippen molar-refractivity contribution in [2.75, 3.05) is 39.3 Å². The minimum absolute atomic E-state index is 0. The Balaban J connectivity index is 0. The van der Waals surface area contributed by atoms with Crippen molar-refractivity contribution in [3.05, 3.63) is 5.32 Å². The van der Waals surface area contributed by atoms with E-state index < -0.39 is 0 Å². The zero-order chi connectivity index (χ0) is 12.7. The molecule has 3 nitrogen and oxygen atoms in total.